The minimum atomic E-state index is -0.849. The summed E-state index contributed by atoms with van der Waals surface area (Å²) < 4.78 is 53.2. The van der Waals surface area contributed by atoms with E-state index >= 15 is 0 Å². The van der Waals surface area contributed by atoms with Crippen molar-refractivity contribution in [3.05, 3.63) is 113 Å². The summed E-state index contributed by atoms with van der Waals surface area (Å²) in [6.07, 6.45) is 1.44. The molecule has 0 aliphatic heterocycles. The Labute approximate surface area is 235 Å². The van der Waals surface area contributed by atoms with Gasteiger partial charge in [0.25, 0.3) is 5.91 Å². The molecular formula is C31H28F3N3O4. The van der Waals surface area contributed by atoms with E-state index in [4.69, 9.17) is 9.47 Å². The number of hydrogen-bond donors (Lipinski definition) is 2. The van der Waals surface area contributed by atoms with E-state index in [2.05, 4.69) is 15.6 Å². The van der Waals surface area contributed by atoms with Crippen molar-refractivity contribution < 1.29 is 32.2 Å². The predicted molar refractivity (Wildman–Crippen MR) is 147 cm³/mol. The first-order valence-electron chi connectivity index (χ1n) is 12.6. The molecular weight excluding hydrogens is 535 g/mol. The molecule has 0 fully saturated rings. The highest BCUT2D eigenvalue weighted by atomic mass is 19.1. The van der Waals surface area contributed by atoms with Crippen LogP contribution in [-0.4, -0.2) is 38.1 Å². The van der Waals surface area contributed by atoms with E-state index in [1.807, 2.05) is 0 Å². The number of halogens is 3. The third-order valence-corrected chi connectivity index (χ3v) is 6.46. The molecule has 1 aromatic heterocycles. The van der Waals surface area contributed by atoms with Gasteiger partial charge in [-0.05, 0) is 53.9 Å². The van der Waals surface area contributed by atoms with Crippen LogP contribution in [0.2, 0.25) is 0 Å². The third-order valence-electron chi connectivity index (χ3n) is 6.46. The number of ether oxygens (including phenoxy) is 2. The van der Waals surface area contributed by atoms with Gasteiger partial charge in [-0.1, -0.05) is 18.2 Å². The van der Waals surface area contributed by atoms with Gasteiger partial charge < -0.3 is 20.1 Å². The first-order valence-corrected chi connectivity index (χ1v) is 12.6. The Kier molecular flexibility index (Phi) is 9.23. The topological polar surface area (TPSA) is 89.6 Å². The fourth-order valence-electron chi connectivity index (χ4n) is 4.54. The van der Waals surface area contributed by atoms with E-state index in [0.717, 1.165) is 6.07 Å². The van der Waals surface area contributed by atoms with Crippen LogP contribution in [-0.2, 0) is 17.6 Å². The maximum atomic E-state index is 14.4. The molecule has 212 valence electrons. The van der Waals surface area contributed by atoms with Gasteiger partial charge in [0.2, 0.25) is 5.91 Å². The van der Waals surface area contributed by atoms with Crippen LogP contribution >= 0.6 is 0 Å². The average Bonchev–Trinajstić information content (AvgIpc) is 2.96. The van der Waals surface area contributed by atoms with Gasteiger partial charge in [0.15, 0.2) is 0 Å². The third kappa shape index (κ3) is 7.02. The van der Waals surface area contributed by atoms with Gasteiger partial charge in [0.05, 0.1) is 37.9 Å². The Bertz CT molecular complexity index is 1560. The van der Waals surface area contributed by atoms with Crippen molar-refractivity contribution in [2.75, 3.05) is 21.3 Å². The van der Waals surface area contributed by atoms with Crippen LogP contribution in [0.4, 0.5) is 13.2 Å². The molecule has 0 radical (unpaired) electrons. The van der Waals surface area contributed by atoms with E-state index in [0.29, 0.717) is 33.9 Å². The van der Waals surface area contributed by atoms with Crippen molar-refractivity contribution in [2.24, 2.45) is 0 Å². The molecule has 2 amide bonds. The van der Waals surface area contributed by atoms with E-state index < -0.39 is 35.3 Å². The van der Waals surface area contributed by atoms with Crippen LogP contribution in [0.25, 0.3) is 11.1 Å². The molecule has 10 heteroatoms. The summed E-state index contributed by atoms with van der Waals surface area (Å²) >= 11 is 0. The molecule has 0 aliphatic carbocycles. The first-order chi connectivity index (χ1) is 19.7. The summed E-state index contributed by atoms with van der Waals surface area (Å²) in [5, 5.41) is 5.34. The second-order valence-corrected chi connectivity index (χ2v) is 9.17. The fourth-order valence-corrected chi connectivity index (χ4v) is 4.54. The number of amides is 2. The Morgan fingerprint density at radius 1 is 0.927 bits per heavy atom. The monoisotopic (exact) mass is 563 g/mol. The molecule has 1 heterocycles. The standard InChI is InChI=1S/C31H28F3N3O4/c1-35-31(39)25-14-19(7-9-26(25)34)24-5-4-10-36-30(24)27(13-18-11-21(32)16-22(33)12-18)37-29(38)15-20-6-8-23(40-2)17-28(20)41-3/h4-12,14,16-17,27H,13,15H2,1-3H3,(H,35,39)(H,37,38)/t27-/m0/s1. The molecule has 0 aliphatic rings. The second kappa shape index (κ2) is 13.0. The highest BCUT2D eigenvalue weighted by Crippen LogP contribution is 2.31. The molecule has 0 bridgehead atoms. The number of carbonyl (C=O) groups is 2. The number of aromatic nitrogens is 1. The highest BCUT2D eigenvalue weighted by Gasteiger charge is 2.23. The van der Waals surface area contributed by atoms with Crippen molar-refractivity contribution >= 4 is 11.8 Å². The number of rotatable bonds is 10. The van der Waals surface area contributed by atoms with E-state index in [-0.39, 0.29) is 24.0 Å². The van der Waals surface area contributed by atoms with E-state index in [1.54, 1.807) is 30.3 Å². The predicted octanol–water partition coefficient (Wildman–Crippen LogP) is 5.19. The highest BCUT2D eigenvalue weighted by molar-refractivity contribution is 5.95. The number of hydrogen-bond acceptors (Lipinski definition) is 5. The lowest BCUT2D eigenvalue weighted by Crippen LogP contribution is -2.32. The molecule has 0 saturated carbocycles. The number of methoxy groups -OCH3 is 2. The van der Waals surface area contributed by atoms with Crippen LogP contribution < -0.4 is 20.1 Å². The summed E-state index contributed by atoms with van der Waals surface area (Å²) in [7, 11) is 4.39. The van der Waals surface area contributed by atoms with Crippen molar-refractivity contribution in [2.45, 2.75) is 18.9 Å². The van der Waals surface area contributed by atoms with Gasteiger partial charge in [-0.25, -0.2) is 13.2 Å². The summed E-state index contributed by atoms with van der Waals surface area (Å²) in [5.74, 6) is -2.22. The fraction of sp³-hybridized carbons (Fsp3) is 0.194. The maximum Gasteiger partial charge on any atom is 0.254 e. The van der Waals surface area contributed by atoms with Crippen molar-refractivity contribution in [3.63, 3.8) is 0 Å². The smallest absolute Gasteiger partial charge is 0.254 e. The number of benzene rings is 3. The molecule has 0 saturated heterocycles. The van der Waals surface area contributed by atoms with Gasteiger partial charge in [-0.2, -0.15) is 0 Å². The zero-order valence-electron chi connectivity index (χ0n) is 22.6. The van der Waals surface area contributed by atoms with Gasteiger partial charge >= 0.3 is 0 Å². The molecule has 3 aromatic carbocycles. The van der Waals surface area contributed by atoms with Gasteiger partial charge in [0, 0.05) is 36.5 Å². The quantitative estimate of drug-likeness (QED) is 0.278. The Morgan fingerprint density at radius 2 is 1.68 bits per heavy atom. The minimum Gasteiger partial charge on any atom is -0.497 e. The molecule has 41 heavy (non-hydrogen) atoms. The zero-order chi connectivity index (χ0) is 29.5. The summed E-state index contributed by atoms with van der Waals surface area (Å²) in [4.78, 5) is 30.1. The lowest BCUT2D eigenvalue weighted by atomic mass is 9.94. The maximum absolute atomic E-state index is 14.4. The molecule has 4 aromatic rings. The number of nitrogens with zero attached hydrogens (tertiary/aromatic N) is 1. The van der Waals surface area contributed by atoms with Crippen LogP contribution in [0.5, 0.6) is 11.5 Å². The average molecular weight is 564 g/mol. The van der Waals surface area contributed by atoms with Crippen LogP contribution in [0.3, 0.4) is 0 Å². The number of carbonyl (C=O) groups excluding carboxylic acids is 2. The lowest BCUT2D eigenvalue weighted by molar-refractivity contribution is -0.121. The Morgan fingerprint density at radius 3 is 2.37 bits per heavy atom. The van der Waals surface area contributed by atoms with Crippen molar-refractivity contribution in [1.29, 1.82) is 0 Å². The summed E-state index contributed by atoms with van der Waals surface area (Å²) in [5.41, 5.74) is 2.05. The van der Waals surface area contributed by atoms with Gasteiger partial charge in [0.1, 0.15) is 29.0 Å². The Hall–Kier alpha value is -4.86. The number of pyridine rings is 1. The van der Waals surface area contributed by atoms with Crippen LogP contribution in [0.1, 0.15) is 33.2 Å². The minimum absolute atomic E-state index is 0.00627. The van der Waals surface area contributed by atoms with Crippen molar-refractivity contribution in [3.8, 4) is 22.6 Å². The molecule has 1 atom stereocenters. The second-order valence-electron chi connectivity index (χ2n) is 9.17. The zero-order valence-corrected chi connectivity index (χ0v) is 22.6. The molecule has 0 unspecified atom stereocenters. The van der Waals surface area contributed by atoms with E-state index in [9.17, 15) is 22.8 Å². The molecule has 4 rings (SSSR count). The molecule has 2 N–H and O–H groups in total. The van der Waals surface area contributed by atoms with Gasteiger partial charge in [-0.15, -0.1) is 0 Å². The molecule has 0 spiro atoms. The van der Waals surface area contributed by atoms with Gasteiger partial charge in [-0.3, -0.25) is 14.6 Å². The number of nitrogens with one attached hydrogen (secondary N) is 2. The van der Waals surface area contributed by atoms with Crippen LogP contribution in [0.15, 0.2) is 72.9 Å². The van der Waals surface area contributed by atoms with Crippen molar-refractivity contribution in [1.82, 2.24) is 15.6 Å². The first kappa shape index (κ1) is 29.1. The molecule has 7 nitrogen and oxygen atoms in total. The Balaban J connectivity index is 1.74. The SMILES string of the molecule is CNC(=O)c1cc(-c2cccnc2[C@H](Cc2cc(F)cc(F)c2)NC(=O)Cc2ccc(OC)cc2OC)ccc1F. The largest absolute Gasteiger partial charge is 0.497 e. The van der Waals surface area contributed by atoms with Crippen LogP contribution in [0, 0.1) is 17.5 Å². The normalized spacial score (nSPS) is 11.5. The van der Waals surface area contributed by atoms with E-state index in [1.165, 1.54) is 57.8 Å². The summed E-state index contributed by atoms with van der Waals surface area (Å²) in [6, 6.07) is 14.8. The lowest BCUT2D eigenvalue weighted by Gasteiger charge is -2.22. The summed E-state index contributed by atoms with van der Waals surface area (Å²) in [6.45, 7) is 0.